The molecule has 34 heavy (non-hydrogen) atoms. The van der Waals surface area contributed by atoms with E-state index in [2.05, 4.69) is 14.7 Å². The molecule has 0 unspecified atom stereocenters. The molecule has 3 aromatic carbocycles. The number of sulfonamides is 1. The van der Waals surface area contributed by atoms with Crippen molar-refractivity contribution in [1.29, 1.82) is 0 Å². The number of aryl methyl sites for hydroxylation is 1. The van der Waals surface area contributed by atoms with E-state index in [1.165, 1.54) is 24.3 Å². The number of benzene rings is 3. The Balaban J connectivity index is 1.61. The van der Waals surface area contributed by atoms with Gasteiger partial charge in [0.25, 0.3) is 15.6 Å². The van der Waals surface area contributed by atoms with E-state index < -0.39 is 27.2 Å². The van der Waals surface area contributed by atoms with Crippen LogP contribution in [0.5, 0.6) is 5.88 Å². The monoisotopic (exact) mass is 476 g/mol. The fraction of sp³-hybridized carbons (Fsp3) is 0.0417. The van der Waals surface area contributed by atoms with Gasteiger partial charge in [-0.3, -0.25) is 19.5 Å². The third-order valence-corrected chi connectivity index (χ3v) is 6.29. The first-order chi connectivity index (χ1) is 16.2. The fourth-order valence-corrected chi connectivity index (χ4v) is 4.29. The summed E-state index contributed by atoms with van der Waals surface area (Å²) in [5, 5.41) is 10.6. The summed E-state index contributed by atoms with van der Waals surface area (Å²) in [6.45, 7) is 1.86. The Labute approximate surface area is 194 Å². The number of aromatic amines is 1. The number of nitrogens with one attached hydrogen (secondary N) is 2. The molecule has 10 heteroatoms. The minimum absolute atomic E-state index is 0.0336. The van der Waals surface area contributed by atoms with Crippen molar-refractivity contribution < 1.29 is 13.5 Å². The average Bonchev–Trinajstić information content (AvgIpc) is 2.79. The van der Waals surface area contributed by atoms with Crippen LogP contribution in [-0.2, 0) is 10.0 Å². The van der Waals surface area contributed by atoms with Crippen LogP contribution >= 0.6 is 0 Å². The van der Waals surface area contributed by atoms with Gasteiger partial charge in [-0.1, -0.05) is 30.3 Å². The molecule has 4 aromatic rings. The summed E-state index contributed by atoms with van der Waals surface area (Å²) in [5.41, 5.74) is 0.257. The van der Waals surface area contributed by atoms with Crippen LogP contribution in [0.3, 0.4) is 0 Å². The second-order valence-electron chi connectivity index (χ2n) is 7.39. The molecule has 172 valence electrons. The predicted molar refractivity (Wildman–Crippen MR) is 130 cm³/mol. The average molecular weight is 477 g/mol. The van der Waals surface area contributed by atoms with Crippen LogP contribution in [0.25, 0.3) is 5.69 Å². The van der Waals surface area contributed by atoms with Gasteiger partial charge in [0.2, 0.25) is 5.88 Å². The highest BCUT2D eigenvalue weighted by atomic mass is 32.2. The van der Waals surface area contributed by atoms with E-state index in [9.17, 15) is 23.1 Å². The smallest absolute Gasteiger partial charge is 0.335 e. The molecule has 4 rings (SSSR count). The van der Waals surface area contributed by atoms with Crippen LogP contribution < -0.4 is 16.0 Å². The van der Waals surface area contributed by atoms with Crippen LogP contribution in [0.15, 0.2) is 98.3 Å². The Morgan fingerprint density at radius 3 is 2.35 bits per heavy atom. The van der Waals surface area contributed by atoms with E-state index in [0.717, 1.165) is 16.3 Å². The largest absolute Gasteiger partial charge is 0.493 e. The molecule has 0 spiro atoms. The number of nitrogens with zero attached hydrogens (tertiary/aromatic N) is 2. The number of hydrogen-bond acceptors (Lipinski definition) is 6. The third-order valence-electron chi connectivity index (χ3n) is 4.90. The van der Waals surface area contributed by atoms with Crippen molar-refractivity contribution in [1.82, 2.24) is 9.55 Å². The van der Waals surface area contributed by atoms with Crippen molar-refractivity contribution in [2.45, 2.75) is 11.8 Å². The summed E-state index contributed by atoms with van der Waals surface area (Å²) < 4.78 is 28.7. The summed E-state index contributed by atoms with van der Waals surface area (Å²) in [5.74, 6) is -0.565. The molecule has 0 aliphatic carbocycles. The number of aromatic hydroxyl groups is 1. The second-order valence-corrected chi connectivity index (χ2v) is 9.08. The van der Waals surface area contributed by atoms with E-state index in [-0.39, 0.29) is 10.5 Å². The Bertz CT molecular complexity index is 1590. The molecule has 9 nitrogen and oxygen atoms in total. The van der Waals surface area contributed by atoms with Crippen molar-refractivity contribution >= 4 is 27.6 Å². The van der Waals surface area contributed by atoms with Gasteiger partial charge in [-0.05, 0) is 61.0 Å². The minimum atomic E-state index is -3.80. The minimum Gasteiger partial charge on any atom is -0.493 e. The van der Waals surface area contributed by atoms with Crippen molar-refractivity contribution in [3.05, 3.63) is 111 Å². The highest BCUT2D eigenvalue weighted by Gasteiger charge is 2.15. The maximum absolute atomic E-state index is 12.6. The topological polar surface area (TPSA) is 134 Å². The molecule has 0 atom stereocenters. The lowest BCUT2D eigenvalue weighted by atomic mass is 10.2. The fourth-order valence-electron chi connectivity index (χ4n) is 3.24. The van der Waals surface area contributed by atoms with Gasteiger partial charge in [-0.25, -0.2) is 17.8 Å². The van der Waals surface area contributed by atoms with Crippen molar-refractivity contribution in [2.75, 3.05) is 4.72 Å². The van der Waals surface area contributed by atoms with Crippen molar-refractivity contribution in [2.24, 2.45) is 4.99 Å². The second kappa shape index (κ2) is 9.20. The number of rotatable bonds is 6. The molecule has 3 N–H and O–H groups in total. The summed E-state index contributed by atoms with van der Waals surface area (Å²) in [7, 11) is -3.80. The Hall–Kier alpha value is -4.44. The van der Waals surface area contributed by atoms with Crippen LogP contribution in [0.4, 0.5) is 11.4 Å². The summed E-state index contributed by atoms with van der Waals surface area (Å²) in [4.78, 5) is 30.8. The van der Waals surface area contributed by atoms with Crippen LogP contribution in [0, 0.1) is 6.92 Å². The summed E-state index contributed by atoms with van der Waals surface area (Å²) in [6, 6.07) is 21.0. The molecule has 0 aliphatic heterocycles. The number of aromatic nitrogens is 2. The molecule has 0 saturated heterocycles. The number of hydrogen-bond donors (Lipinski definition) is 3. The first kappa shape index (κ1) is 22.7. The zero-order chi connectivity index (χ0) is 24.3. The molecule has 0 aliphatic rings. The Morgan fingerprint density at radius 1 is 0.971 bits per heavy atom. The first-order valence-electron chi connectivity index (χ1n) is 10.1. The lowest BCUT2D eigenvalue weighted by Gasteiger charge is -2.09. The van der Waals surface area contributed by atoms with E-state index in [1.807, 2.05) is 13.0 Å². The van der Waals surface area contributed by atoms with Crippen LogP contribution in [0.2, 0.25) is 0 Å². The number of aliphatic imine (C=N–C) groups is 1. The zero-order valence-electron chi connectivity index (χ0n) is 18.0. The number of anilines is 1. The third kappa shape index (κ3) is 4.81. The highest BCUT2D eigenvalue weighted by Crippen LogP contribution is 2.21. The van der Waals surface area contributed by atoms with E-state index >= 15 is 0 Å². The molecule has 0 saturated carbocycles. The standard InChI is InChI=1S/C24H20N4O5S/c1-16-6-5-7-18(14-16)27-34(32,33)20-12-10-17(11-13-20)25-15-21-22(29)26-24(31)28(23(21)30)19-8-3-2-4-9-19/h2-15,27,30H,1H3,(H,26,29,31). The van der Waals surface area contributed by atoms with E-state index in [0.29, 0.717) is 17.1 Å². The Morgan fingerprint density at radius 2 is 1.68 bits per heavy atom. The van der Waals surface area contributed by atoms with Gasteiger partial charge >= 0.3 is 5.69 Å². The van der Waals surface area contributed by atoms with Gasteiger partial charge in [-0.15, -0.1) is 0 Å². The highest BCUT2D eigenvalue weighted by molar-refractivity contribution is 7.92. The normalized spacial score (nSPS) is 11.6. The number of para-hydroxylation sites is 1. The summed E-state index contributed by atoms with van der Waals surface area (Å²) in [6.07, 6.45) is 1.11. The predicted octanol–water partition coefficient (Wildman–Crippen LogP) is 3.09. The molecule has 0 radical (unpaired) electrons. The van der Waals surface area contributed by atoms with Gasteiger partial charge in [0.05, 0.1) is 16.3 Å². The molecular formula is C24H20N4O5S. The Kier molecular flexibility index (Phi) is 6.15. The van der Waals surface area contributed by atoms with Crippen molar-refractivity contribution in [3.63, 3.8) is 0 Å². The molecule has 1 aromatic heterocycles. The van der Waals surface area contributed by atoms with E-state index in [4.69, 9.17) is 0 Å². The lowest BCUT2D eigenvalue weighted by molar-refractivity contribution is 0.430. The first-order valence-corrected chi connectivity index (χ1v) is 11.6. The van der Waals surface area contributed by atoms with Gasteiger partial charge in [0, 0.05) is 11.9 Å². The van der Waals surface area contributed by atoms with Crippen LogP contribution in [-0.4, -0.2) is 29.3 Å². The molecule has 1 heterocycles. The summed E-state index contributed by atoms with van der Waals surface area (Å²) >= 11 is 0. The maximum atomic E-state index is 12.6. The van der Waals surface area contributed by atoms with Crippen LogP contribution in [0.1, 0.15) is 11.1 Å². The van der Waals surface area contributed by atoms with Gasteiger partial charge < -0.3 is 5.11 Å². The molecular weight excluding hydrogens is 456 g/mol. The van der Waals surface area contributed by atoms with Crippen molar-refractivity contribution in [3.8, 4) is 11.6 Å². The molecule has 0 bridgehead atoms. The number of H-pyrrole nitrogens is 1. The zero-order valence-corrected chi connectivity index (χ0v) is 18.8. The van der Waals surface area contributed by atoms with Gasteiger partial charge in [0.1, 0.15) is 5.56 Å². The van der Waals surface area contributed by atoms with E-state index in [1.54, 1.807) is 48.5 Å². The lowest BCUT2D eigenvalue weighted by Crippen LogP contribution is -2.31. The SMILES string of the molecule is Cc1cccc(NS(=O)(=O)c2ccc(N=Cc3c(O)n(-c4ccccc4)c(=O)[nH]c3=O)cc2)c1. The molecule has 0 amide bonds. The molecule has 0 fully saturated rings. The maximum Gasteiger partial charge on any atom is 0.335 e. The van der Waals surface area contributed by atoms with Gasteiger partial charge in [-0.2, -0.15) is 0 Å². The van der Waals surface area contributed by atoms with Gasteiger partial charge in [0.15, 0.2) is 0 Å². The quantitative estimate of drug-likeness (QED) is 0.368.